The average Bonchev–Trinajstić information content (AvgIpc) is 3.39. The van der Waals surface area contributed by atoms with E-state index in [1.807, 2.05) is 67.7 Å². The Balaban J connectivity index is 1.34. The zero-order valence-electron chi connectivity index (χ0n) is 25.1. The summed E-state index contributed by atoms with van der Waals surface area (Å²) in [6.45, 7) is 2.08. The largest absolute Gasteiger partial charge is 0.317 e. The minimum absolute atomic E-state index is 0.0897. The SMILES string of the molecule is CCCC(C=O)c1ccc(-c2ccc(F)c(CCC(CC(=O)c3sc4ccccc4c3Cl)C3CCC(NC)CC3)c2)cc1. The molecule has 5 rings (SSSR count). The Labute approximate surface area is 263 Å². The molecule has 226 valence electrons. The van der Waals surface area contributed by atoms with Gasteiger partial charge in [-0.25, -0.2) is 4.39 Å². The third-order valence-electron chi connectivity index (χ3n) is 9.35. The Hall–Kier alpha value is -2.86. The minimum atomic E-state index is -0.208. The van der Waals surface area contributed by atoms with Gasteiger partial charge in [0.05, 0.1) is 9.90 Å². The van der Waals surface area contributed by atoms with Gasteiger partial charge in [0.1, 0.15) is 12.1 Å². The second kappa shape index (κ2) is 14.7. The van der Waals surface area contributed by atoms with E-state index in [0.29, 0.717) is 40.3 Å². The summed E-state index contributed by atoms with van der Waals surface area (Å²) in [5, 5.41) is 4.90. The highest BCUT2D eigenvalue weighted by molar-refractivity contribution is 7.21. The molecule has 3 nitrogen and oxygen atoms in total. The molecule has 43 heavy (non-hydrogen) atoms. The molecule has 0 bridgehead atoms. The van der Waals surface area contributed by atoms with Crippen LogP contribution in [0.4, 0.5) is 4.39 Å². The molecular formula is C37H41ClFNO2S. The fourth-order valence-electron chi connectivity index (χ4n) is 6.74. The van der Waals surface area contributed by atoms with E-state index in [0.717, 1.165) is 78.0 Å². The lowest BCUT2D eigenvalue weighted by Crippen LogP contribution is -2.33. The molecule has 0 spiro atoms. The van der Waals surface area contributed by atoms with E-state index >= 15 is 4.39 Å². The van der Waals surface area contributed by atoms with Crippen molar-refractivity contribution < 1.29 is 14.0 Å². The lowest BCUT2D eigenvalue weighted by molar-refractivity contribution is -0.109. The first-order valence-corrected chi connectivity index (χ1v) is 16.8. The molecule has 4 aromatic rings. The lowest BCUT2D eigenvalue weighted by atomic mass is 9.74. The third kappa shape index (κ3) is 7.45. The molecule has 2 unspecified atom stereocenters. The standard InChI is InChI=1S/C37H41ClFNO2S/c1-3-6-30(23-41)26-11-9-24(10-12-26)27-17-20-33(39)29(21-27)14-13-28(25-15-18-31(40-2)19-16-25)22-34(42)37-36(38)32-7-4-5-8-35(32)43-37/h4-5,7-12,17,20-21,23,25,28,30-31,40H,3,6,13-16,18-19,22H2,1-2H3. The van der Waals surface area contributed by atoms with Crippen LogP contribution in [0.2, 0.25) is 5.02 Å². The number of fused-ring (bicyclic) bond motifs is 1. The summed E-state index contributed by atoms with van der Waals surface area (Å²) in [6, 6.07) is 21.8. The zero-order chi connectivity index (χ0) is 30.3. The predicted molar refractivity (Wildman–Crippen MR) is 178 cm³/mol. The van der Waals surface area contributed by atoms with E-state index in [4.69, 9.17) is 11.6 Å². The van der Waals surface area contributed by atoms with Gasteiger partial charge in [-0.1, -0.05) is 73.5 Å². The van der Waals surface area contributed by atoms with Gasteiger partial charge in [0.25, 0.3) is 0 Å². The van der Waals surface area contributed by atoms with Crippen LogP contribution < -0.4 is 5.32 Å². The fourth-order valence-corrected chi connectivity index (χ4v) is 8.23. The summed E-state index contributed by atoms with van der Waals surface area (Å²) in [5.74, 6) is 0.383. The number of benzene rings is 3. The summed E-state index contributed by atoms with van der Waals surface area (Å²) in [6.07, 6.45) is 8.89. The van der Waals surface area contributed by atoms with Crippen LogP contribution in [-0.2, 0) is 11.2 Å². The van der Waals surface area contributed by atoms with E-state index in [2.05, 4.69) is 12.2 Å². The van der Waals surface area contributed by atoms with Crippen LogP contribution in [0.3, 0.4) is 0 Å². The van der Waals surface area contributed by atoms with E-state index in [1.54, 1.807) is 6.07 Å². The van der Waals surface area contributed by atoms with Crippen molar-refractivity contribution in [1.29, 1.82) is 0 Å². The van der Waals surface area contributed by atoms with Gasteiger partial charge >= 0.3 is 0 Å². The number of rotatable bonds is 13. The van der Waals surface area contributed by atoms with Crippen molar-refractivity contribution in [2.75, 3.05) is 7.05 Å². The van der Waals surface area contributed by atoms with Crippen molar-refractivity contribution in [2.24, 2.45) is 11.8 Å². The van der Waals surface area contributed by atoms with Crippen LogP contribution in [0.25, 0.3) is 21.2 Å². The van der Waals surface area contributed by atoms with Crippen molar-refractivity contribution in [3.8, 4) is 11.1 Å². The molecule has 0 saturated heterocycles. The molecule has 3 aromatic carbocycles. The van der Waals surface area contributed by atoms with Crippen LogP contribution in [0.5, 0.6) is 0 Å². The van der Waals surface area contributed by atoms with E-state index < -0.39 is 0 Å². The number of aryl methyl sites for hydroxylation is 1. The summed E-state index contributed by atoms with van der Waals surface area (Å²) in [4.78, 5) is 25.9. The first-order valence-electron chi connectivity index (χ1n) is 15.6. The fraction of sp³-hybridized carbons (Fsp3) is 0.405. The van der Waals surface area contributed by atoms with Gasteiger partial charge in [0, 0.05) is 28.5 Å². The van der Waals surface area contributed by atoms with Crippen molar-refractivity contribution >= 4 is 45.1 Å². The number of nitrogens with one attached hydrogen (secondary N) is 1. The number of Topliss-reactive ketones (excluding diaryl/α,β-unsaturated/α-hetero) is 1. The zero-order valence-corrected chi connectivity index (χ0v) is 26.7. The minimum Gasteiger partial charge on any atom is -0.317 e. The molecule has 1 heterocycles. The second-order valence-electron chi connectivity index (χ2n) is 12.0. The molecule has 1 fully saturated rings. The molecule has 0 radical (unpaired) electrons. The monoisotopic (exact) mass is 617 g/mol. The maximum Gasteiger partial charge on any atom is 0.174 e. The number of thiophene rings is 1. The predicted octanol–water partition coefficient (Wildman–Crippen LogP) is 10.0. The molecular weight excluding hydrogens is 577 g/mol. The van der Waals surface area contributed by atoms with Crippen molar-refractivity contribution in [3.63, 3.8) is 0 Å². The van der Waals surface area contributed by atoms with Crippen molar-refractivity contribution in [1.82, 2.24) is 5.32 Å². The molecule has 1 saturated carbocycles. The Morgan fingerprint density at radius 1 is 1.02 bits per heavy atom. The highest BCUT2D eigenvalue weighted by atomic mass is 35.5. The van der Waals surface area contributed by atoms with E-state index in [1.165, 1.54) is 11.3 Å². The number of ketones is 1. The number of hydrogen-bond acceptors (Lipinski definition) is 4. The van der Waals surface area contributed by atoms with E-state index in [9.17, 15) is 9.59 Å². The summed E-state index contributed by atoms with van der Waals surface area (Å²) in [5.41, 5.74) is 3.66. The van der Waals surface area contributed by atoms with Gasteiger partial charge < -0.3 is 10.1 Å². The van der Waals surface area contributed by atoms with Crippen molar-refractivity contribution in [3.05, 3.63) is 93.6 Å². The van der Waals surface area contributed by atoms with Crippen molar-refractivity contribution in [2.45, 2.75) is 76.7 Å². The first-order chi connectivity index (χ1) is 20.9. The molecule has 0 aliphatic heterocycles. The van der Waals surface area contributed by atoms with Gasteiger partial charge in [-0.15, -0.1) is 11.3 Å². The topological polar surface area (TPSA) is 46.2 Å². The van der Waals surface area contributed by atoms with Gasteiger partial charge in [-0.3, -0.25) is 4.79 Å². The smallest absolute Gasteiger partial charge is 0.174 e. The molecule has 1 aromatic heterocycles. The number of aldehydes is 1. The molecule has 2 atom stereocenters. The lowest BCUT2D eigenvalue weighted by Gasteiger charge is -2.34. The molecule has 0 amide bonds. The maximum absolute atomic E-state index is 15.1. The number of carbonyl (C=O) groups excluding carboxylic acids is 2. The van der Waals surface area contributed by atoms with Crippen LogP contribution in [-0.4, -0.2) is 25.2 Å². The van der Waals surface area contributed by atoms with Crippen LogP contribution >= 0.6 is 22.9 Å². The molecule has 6 heteroatoms. The van der Waals surface area contributed by atoms with Crippen LogP contribution in [0.15, 0.2) is 66.7 Å². The Kier molecular flexibility index (Phi) is 10.8. The average molecular weight is 618 g/mol. The highest BCUT2D eigenvalue weighted by Crippen LogP contribution is 2.40. The molecule has 1 aliphatic rings. The van der Waals surface area contributed by atoms with E-state index in [-0.39, 0.29) is 23.4 Å². The maximum atomic E-state index is 15.1. The Morgan fingerprint density at radius 2 is 1.74 bits per heavy atom. The Morgan fingerprint density at radius 3 is 2.42 bits per heavy atom. The summed E-state index contributed by atoms with van der Waals surface area (Å²) < 4.78 is 16.2. The van der Waals surface area contributed by atoms with Gasteiger partial charge in [-0.2, -0.15) is 0 Å². The molecule has 1 aliphatic carbocycles. The first kappa shape index (κ1) is 31.6. The number of hydrogen-bond donors (Lipinski definition) is 1. The number of carbonyl (C=O) groups is 2. The third-order valence-corrected chi connectivity index (χ3v) is 11.1. The Bertz CT molecular complexity index is 1540. The van der Waals surface area contributed by atoms with Gasteiger partial charge in [-0.05, 0) is 104 Å². The quantitative estimate of drug-likeness (QED) is 0.120. The van der Waals surface area contributed by atoms with Crippen LogP contribution in [0.1, 0.15) is 85.0 Å². The highest BCUT2D eigenvalue weighted by Gasteiger charge is 2.30. The second-order valence-corrected chi connectivity index (χ2v) is 13.5. The number of halogens is 2. The molecule has 1 N–H and O–H groups in total. The normalized spacial score (nSPS) is 18.4. The summed E-state index contributed by atoms with van der Waals surface area (Å²) in [7, 11) is 2.02. The van der Waals surface area contributed by atoms with Crippen LogP contribution in [0, 0.1) is 17.7 Å². The van der Waals surface area contributed by atoms with Gasteiger partial charge in [0.2, 0.25) is 0 Å². The summed E-state index contributed by atoms with van der Waals surface area (Å²) >= 11 is 8.17. The van der Waals surface area contributed by atoms with Gasteiger partial charge in [0.15, 0.2) is 5.78 Å².